The molecule has 0 saturated heterocycles. The Balaban J connectivity index is 1.82. The molecule has 0 spiro atoms. The Labute approximate surface area is 155 Å². The van der Waals surface area contributed by atoms with Crippen molar-refractivity contribution in [3.63, 3.8) is 0 Å². The van der Waals surface area contributed by atoms with Crippen LogP contribution < -0.4 is 10.6 Å². The molecule has 3 rings (SSSR count). The number of carbonyl (C=O) groups is 2. The first kappa shape index (κ1) is 18.6. The van der Waals surface area contributed by atoms with Crippen LogP contribution >= 0.6 is 11.3 Å². The van der Waals surface area contributed by atoms with E-state index in [1.54, 1.807) is 0 Å². The summed E-state index contributed by atoms with van der Waals surface area (Å²) < 4.78 is 41.1. The average Bonchev–Trinajstić information content (AvgIpc) is 3.06. The van der Waals surface area contributed by atoms with Gasteiger partial charge in [-0.2, -0.15) is 0 Å². The van der Waals surface area contributed by atoms with E-state index in [-0.39, 0.29) is 33.5 Å². The molecule has 0 bridgehead atoms. The minimum Gasteiger partial charge on any atom is -0.326 e. The quantitative estimate of drug-likeness (QED) is 0.691. The fourth-order valence-electron chi connectivity index (χ4n) is 2.29. The van der Waals surface area contributed by atoms with E-state index >= 15 is 0 Å². The summed E-state index contributed by atoms with van der Waals surface area (Å²) in [6.45, 7) is 1.28. The Morgan fingerprint density at radius 2 is 1.74 bits per heavy atom. The third-order valence-corrected chi connectivity index (χ3v) is 4.22. The Morgan fingerprint density at radius 1 is 1.00 bits per heavy atom. The first-order valence-electron chi connectivity index (χ1n) is 7.63. The molecule has 0 aliphatic rings. The van der Waals surface area contributed by atoms with Gasteiger partial charge in [-0.3, -0.25) is 14.9 Å². The average molecular weight is 391 g/mol. The third kappa shape index (κ3) is 4.32. The molecular formula is C18H12F3N3O2S. The van der Waals surface area contributed by atoms with Gasteiger partial charge < -0.3 is 5.32 Å². The second kappa shape index (κ2) is 7.58. The van der Waals surface area contributed by atoms with Gasteiger partial charge in [-0.05, 0) is 36.4 Å². The maximum atomic E-state index is 13.9. The number of aromatic nitrogens is 1. The second-order valence-corrected chi connectivity index (χ2v) is 6.35. The highest BCUT2D eigenvalue weighted by atomic mass is 32.1. The van der Waals surface area contributed by atoms with Crippen LogP contribution in [0.5, 0.6) is 0 Å². The SMILES string of the molecule is CC(=O)Nc1ccc(F)c(C(=O)Nc2nc(-c3cc(F)ccc3F)cs2)c1. The van der Waals surface area contributed by atoms with E-state index in [4.69, 9.17) is 0 Å². The number of nitrogens with zero attached hydrogens (tertiary/aromatic N) is 1. The molecule has 2 N–H and O–H groups in total. The standard InChI is InChI=1S/C18H12F3N3O2S/c1-9(25)22-11-3-5-15(21)13(7-11)17(26)24-18-23-16(8-27-18)12-6-10(19)2-4-14(12)20/h2-8H,1H3,(H,22,25)(H,23,24,26). The van der Waals surface area contributed by atoms with Crippen molar-refractivity contribution in [2.45, 2.75) is 6.92 Å². The molecule has 2 aromatic carbocycles. The predicted octanol–water partition coefficient (Wildman–Crippen LogP) is 4.44. The lowest BCUT2D eigenvalue weighted by molar-refractivity contribution is -0.114. The summed E-state index contributed by atoms with van der Waals surface area (Å²) in [6.07, 6.45) is 0. The van der Waals surface area contributed by atoms with Gasteiger partial charge in [-0.15, -0.1) is 11.3 Å². The number of hydrogen-bond donors (Lipinski definition) is 2. The van der Waals surface area contributed by atoms with Crippen LogP contribution in [0.4, 0.5) is 24.0 Å². The lowest BCUT2D eigenvalue weighted by Crippen LogP contribution is -2.15. The molecule has 27 heavy (non-hydrogen) atoms. The van der Waals surface area contributed by atoms with E-state index in [0.29, 0.717) is 0 Å². The van der Waals surface area contributed by atoms with Crippen molar-refractivity contribution < 1.29 is 22.8 Å². The maximum Gasteiger partial charge on any atom is 0.260 e. The summed E-state index contributed by atoms with van der Waals surface area (Å²) in [7, 11) is 0. The summed E-state index contributed by atoms with van der Waals surface area (Å²) in [5.74, 6) is -3.22. The molecule has 0 fully saturated rings. The first-order chi connectivity index (χ1) is 12.8. The van der Waals surface area contributed by atoms with Crippen molar-refractivity contribution in [3.8, 4) is 11.3 Å². The van der Waals surface area contributed by atoms with Crippen molar-refractivity contribution in [3.05, 3.63) is 64.8 Å². The molecule has 0 aliphatic heterocycles. The number of carbonyl (C=O) groups excluding carboxylic acids is 2. The molecular weight excluding hydrogens is 379 g/mol. The van der Waals surface area contributed by atoms with E-state index in [2.05, 4.69) is 15.6 Å². The normalized spacial score (nSPS) is 10.5. The van der Waals surface area contributed by atoms with Crippen molar-refractivity contribution in [2.75, 3.05) is 10.6 Å². The number of rotatable bonds is 4. The Kier molecular flexibility index (Phi) is 5.22. The first-order valence-corrected chi connectivity index (χ1v) is 8.51. The summed E-state index contributed by atoms with van der Waals surface area (Å²) >= 11 is 0.978. The zero-order valence-corrected chi connectivity index (χ0v) is 14.7. The summed E-state index contributed by atoms with van der Waals surface area (Å²) in [5, 5.41) is 6.38. The number of nitrogens with one attached hydrogen (secondary N) is 2. The molecule has 1 heterocycles. The molecule has 0 saturated carbocycles. The zero-order valence-electron chi connectivity index (χ0n) is 13.8. The fraction of sp³-hybridized carbons (Fsp3) is 0.0556. The van der Waals surface area contributed by atoms with Crippen molar-refractivity contribution in [1.82, 2.24) is 4.98 Å². The van der Waals surface area contributed by atoms with Crippen LogP contribution in [-0.4, -0.2) is 16.8 Å². The molecule has 2 amide bonds. The smallest absolute Gasteiger partial charge is 0.260 e. The second-order valence-electron chi connectivity index (χ2n) is 5.49. The lowest BCUT2D eigenvalue weighted by atomic mass is 10.1. The van der Waals surface area contributed by atoms with Gasteiger partial charge in [0.05, 0.1) is 11.3 Å². The van der Waals surface area contributed by atoms with E-state index in [1.165, 1.54) is 24.4 Å². The van der Waals surface area contributed by atoms with E-state index in [0.717, 1.165) is 35.6 Å². The van der Waals surface area contributed by atoms with Crippen molar-refractivity contribution in [2.24, 2.45) is 0 Å². The highest BCUT2D eigenvalue weighted by molar-refractivity contribution is 7.14. The van der Waals surface area contributed by atoms with Crippen molar-refractivity contribution in [1.29, 1.82) is 0 Å². The Bertz CT molecular complexity index is 1040. The fourth-order valence-corrected chi connectivity index (χ4v) is 3.00. The molecule has 1 aromatic heterocycles. The van der Waals surface area contributed by atoms with Crippen LogP contribution in [-0.2, 0) is 4.79 Å². The molecule has 0 unspecified atom stereocenters. The predicted molar refractivity (Wildman–Crippen MR) is 96.1 cm³/mol. The van der Waals surface area contributed by atoms with Crippen LogP contribution in [0.15, 0.2) is 41.8 Å². The molecule has 9 heteroatoms. The van der Waals surface area contributed by atoms with E-state index < -0.39 is 23.4 Å². The van der Waals surface area contributed by atoms with E-state index in [1.807, 2.05) is 0 Å². The molecule has 5 nitrogen and oxygen atoms in total. The van der Waals surface area contributed by atoms with Gasteiger partial charge in [0, 0.05) is 23.6 Å². The Hall–Kier alpha value is -3.20. The van der Waals surface area contributed by atoms with E-state index in [9.17, 15) is 22.8 Å². The van der Waals surface area contributed by atoms with Crippen LogP contribution in [0, 0.1) is 17.5 Å². The molecule has 0 atom stereocenters. The maximum absolute atomic E-state index is 13.9. The topological polar surface area (TPSA) is 71.1 Å². The zero-order chi connectivity index (χ0) is 19.6. The molecule has 3 aromatic rings. The van der Waals surface area contributed by atoms with Gasteiger partial charge in [0.25, 0.3) is 5.91 Å². The van der Waals surface area contributed by atoms with Crippen LogP contribution in [0.2, 0.25) is 0 Å². The highest BCUT2D eigenvalue weighted by Gasteiger charge is 2.16. The third-order valence-electron chi connectivity index (χ3n) is 3.46. The van der Waals surface area contributed by atoms with Gasteiger partial charge in [0.15, 0.2) is 5.13 Å². The lowest BCUT2D eigenvalue weighted by Gasteiger charge is -2.07. The number of halogens is 3. The minimum absolute atomic E-state index is 0.0504. The molecule has 0 radical (unpaired) electrons. The number of benzene rings is 2. The summed E-state index contributed by atoms with van der Waals surface area (Å²) in [4.78, 5) is 27.4. The Morgan fingerprint density at radius 3 is 2.48 bits per heavy atom. The van der Waals surface area contributed by atoms with Crippen molar-refractivity contribution >= 4 is 34.0 Å². The summed E-state index contributed by atoms with van der Waals surface area (Å²) in [6, 6.07) is 6.51. The largest absolute Gasteiger partial charge is 0.326 e. The number of hydrogen-bond acceptors (Lipinski definition) is 4. The van der Waals surface area contributed by atoms with Gasteiger partial charge >= 0.3 is 0 Å². The van der Waals surface area contributed by atoms with Gasteiger partial charge in [-0.1, -0.05) is 0 Å². The van der Waals surface area contributed by atoms with Gasteiger partial charge in [0.1, 0.15) is 17.5 Å². The van der Waals surface area contributed by atoms with Gasteiger partial charge in [-0.25, -0.2) is 18.2 Å². The number of amides is 2. The van der Waals surface area contributed by atoms with Crippen LogP contribution in [0.25, 0.3) is 11.3 Å². The highest BCUT2D eigenvalue weighted by Crippen LogP contribution is 2.28. The molecule has 138 valence electrons. The van der Waals surface area contributed by atoms with Gasteiger partial charge in [0.2, 0.25) is 5.91 Å². The van der Waals surface area contributed by atoms with Crippen LogP contribution in [0.1, 0.15) is 17.3 Å². The number of anilines is 2. The molecule has 0 aliphatic carbocycles. The summed E-state index contributed by atoms with van der Waals surface area (Å²) in [5.41, 5.74) is 0.0519. The van der Waals surface area contributed by atoms with Crippen LogP contribution in [0.3, 0.4) is 0 Å². The number of thiazole rings is 1. The monoisotopic (exact) mass is 391 g/mol. The minimum atomic E-state index is -0.791.